The predicted octanol–water partition coefficient (Wildman–Crippen LogP) is 1.14. The SMILES string of the molecule is ClCCOCCNc1ccncn1. The fourth-order valence-corrected chi connectivity index (χ4v) is 0.912. The lowest BCUT2D eigenvalue weighted by atomic mass is 10.5. The number of alkyl halides is 1. The maximum Gasteiger partial charge on any atom is 0.129 e. The molecule has 1 N–H and O–H groups in total. The Morgan fingerprint density at radius 2 is 2.38 bits per heavy atom. The molecule has 72 valence electrons. The summed E-state index contributed by atoms with van der Waals surface area (Å²) in [5.41, 5.74) is 0. The van der Waals surface area contributed by atoms with Crippen molar-refractivity contribution < 1.29 is 4.74 Å². The molecule has 0 aliphatic rings. The van der Waals surface area contributed by atoms with E-state index in [2.05, 4.69) is 15.3 Å². The summed E-state index contributed by atoms with van der Waals surface area (Å²) in [5.74, 6) is 1.34. The van der Waals surface area contributed by atoms with Crippen LogP contribution in [0.5, 0.6) is 0 Å². The molecule has 0 atom stereocenters. The zero-order valence-corrected chi connectivity index (χ0v) is 8.00. The Hall–Kier alpha value is -0.870. The van der Waals surface area contributed by atoms with Crippen molar-refractivity contribution in [3.63, 3.8) is 0 Å². The molecule has 1 aromatic heterocycles. The van der Waals surface area contributed by atoms with Crippen LogP contribution in [-0.2, 0) is 4.74 Å². The number of ether oxygens (including phenoxy) is 1. The number of aromatic nitrogens is 2. The summed E-state index contributed by atoms with van der Waals surface area (Å²) < 4.78 is 5.17. The third kappa shape index (κ3) is 4.65. The van der Waals surface area contributed by atoms with Gasteiger partial charge in [0.2, 0.25) is 0 Å². The van der Waals surface area contributed by atoms with E-state index in [4.69, 9.17) is 16.3 Å². The van der Waals surface area contributed by atoms with E-state index in [-0.39, 0.29) is 0 Å². The van der Waals surface area contributed by atoms with Crippen LogP contribution in [0.4, 0.5) is 5.82 Å². The smallest absolute Gasteiger partial charge is 0.129 e. The Kier molecular flexibility index (Phi) is 5.20. The van der Waals surface area contributed by atoms with Gasteiger partial charge in [-0.2, -0.15) is 0 Å². The number of anilines is 1. The van der Waals surface area contributed by atoms with Crippen LogP contribution < -0.4 is 5.32 Å². The largest absolute Gasteiger partial charge is 0.378 e. The molecule has 13 heavy (non-hydrogen) atoms. The van der Waals surface area contributed by atoms with Gasteiger partial charge in [0.1, 0.15) is 12.1 Å². The predicted molar refractivity (Wildman–Crippen MR) is 52.1 cm³/mol. The second kappa shape index (κ2) is 6.62. The van der Waals surface area contributed by atoms with Gasteiger partial charge in [-0.15, -0.1) is 11.6 Å². The molecular weight excluding hydrogens is 190 g/mol. The van der Waals surface area contributed by atoms with Crippen molar-refractivity contribution in [2.45, 2.75) is 0 Å². The van der Waals surface area contributed by atoms with Crippen LogP contribution in [0.15, 0.2) is 18.6 Å². The standard InChI is InChI=1S/C8H12ClN3O/c9-2-5-13-6-4-11-8-1-3-10-7-12-8/h1,3,7H,2,4-6H2,(H,10,11,12). The van der Waals surface area contributed by atoms with Crippen molar-refractivity contribution in [1.29, 1.82) is 0 Å². The topological polar surface area (TPSA) is 47.0 Å². The number of nitrogens with one attached hydrogen (secondary N) is 1. The molecule has 0 radical (unpaired) electrons. The molecule has 0 fully saturated rings. The van der Waals surface area contributed by atoms with Crippen LogP contribution in [0.1, 0.15) is 0 Å². The average Bonchev–Trinajstić information content (AvgIpc) is 2.19. The van der Waals surface area contributed by atoms with Crippen molar-refractivity contribution in [1.82, 2.24) is 9.97 Å². The van der Waals surface area contributed by atoms with Crippen molar-refractivity contribution in [2.24, 2.45) is 0 Å². The van der Waals surface area contributed by atoms with Gasteiger partial charge in [0.05, 0.1) is 13.2 Å². The van der Waals surface area contributed by atoms with E-state index in [0.29, 0.717) is 19.1 Å². The van der Waals surface area contributed by atoms with E-state index < -0.39 is 0 Å². The van der Waals surface area contributed by atoms with Gasteiger partial charge < -0.3 is 10.1 Å². The van der Waals surface area contributed by atoms with Gasteiger partial charge in [0.15, 0.2) is 0 Å². The molecule has 1 aromatic rings. The normalized spacial score (nSPS) is 9.92. The molecule has 0 bridgehead atoms. The number of rotatable bonds is 6. The lowest BCUT2D eigenvalue weighted by molar-refractivity contribution is 0.160. The fraction of sp³-hybridized carbons (Fsp3) is 0.500. The van der Waals surface area contributed by atoms with Gasteiger partial charge in [0.25, 0.3) is 0 Å². The Morgan fingerprint density at radius 1 is 1.46 bits per heavy atom. The first kappa shape index (κ1) is 10.2. The molecule has 0 aliphatic carbocycles. The van der Waals surface area contributed by atoms with Crippen LogP contribution in [0.25, 0.3) is 0 Å². The molecule has 1 rings (SSSR count). The van der Waals surface area contributed by atoms with E-state index in [0.717, 1.165) is 12.4 Å². The zero-order valence-electron chi connectivity index (χ0n) is 7.24. The Bertz CT molecular complexity index is 220. The summed E-state index contributed by atoms with van der Waals surface area (Å²) >= 11 is 5.43. The highest BCUT2D eigenvalue weighted by atomic mass is 35.5. The Morgan fingerprint density at radius 3 is 3.08 bits per heavy atom. The van der Waals surface area contributed by atoms with Crippen LogP contribution >= 0.6 is 11.6 Å². The van der Waals surface area contributed by atoms with Crippen LogP contribution in [0.3, 0.4) is 0 Å². The average molecular weight is 202 g/mol. The summed E-state index contributed by atoms with van der Waals surface area (Å²) in [5, 5.41) is 3.08. The molecule has 0 unspecified atom stereocenters. The number of nitrogens with zero attached hydrogens (tertiary/aromatic N) is 2. The highest BCUT2D eigenvalue weighted by molar-refractivity contribution is 6.17. The summed E-state index contributed by atoms with van der Waals surface area (Å²) in [6.45, 7) is 1.96. The summed E-state index contributed by atoms with van der Waals surface area (Å²) in [4.78, 5) is 7.80. The Balaban J connectivity index is 2.07. The van der Waals surface area contributed by atoms with E-state index in [1.807, 2.05) is 6.07 Å². The molecule has 4 nitrogen and oxygen atoms in total. The molecular formula is C8H12ClN3O. The van der Waals surface area contributed by atoms with Gasteiger partial charge in [-0.1, -0.05) is 0 Å². The maximum absolute atomic E-state index is 5.43. The minimum absolute atomic E-state index is 0.535. The van der Waals surface area contributed by atoms with Crippen molar-refractivity contribution >= 4 is 17.4 Å². The number of halogens is 1. The van der Waals surface area contributed by atoms with Crippen molar-refractivity contribution in [3.05, 3.63) is 18.6 Å². The molecule has 0 spiro atoms. The molecule has 0 saturated carbocycles. The van der Waals surface area contributed by atoms with Gasteiger partial charge in [0, 0.05) is 18.6 Å². The lowest BCUT2D eigenvalue weighted by Gasteiger charge is -2.04. The van der Waals surface area contributed by atoms with Crippen LogP contribution in [-0.4, -0.2) is 35.6 Å². The van der Waals surface area contributed by atoms with Crippen molar-refractivity contribution in [3.8, 4) is 0 Å². The first-order valence-corrected chi connectivity index (χ1v) is 4.60. The monoisotopic (exact) mass is 201 g/mol. The van der Waals surface area contributed by atoms with E-state index in [9.17, 15) is 0 Å². The Labute approximate surface area is 82.3 Å². The van der Waals surface area contributed by atoms with Crippen molar-refractivity contribution in [2.75, 3.05) is 31.0 Å². The molecule has 5 heteroatoms. The summed E-state index contributed by atoms with van der Waals surface area (Å²) in [6.07, 6.45) is 3.19. The van der Waals surface area contributed by atoms with E-state index >= 15 is 0 Å². The van der Waals surface area contributed by atoms with Gasteiger partial charge >= 0.3 is 0 Å². The van der Waals surface area contributed by atoms with E-state index in [1.54, 1.807) is 6.20 Å². The highest BCUT2D eigenvalue weighted by Crippen LogP contribution is 1.96. The minimum atomic E-state index is 0.535. The van der Waals surface area contributed by atoms with Gasteiger partial charge in [-0.3, -0.25) is 0 Å². The second-order valence-corrected chi connectivity index (χ2v) is 2.70. The number of hydrogen-bond acceptors (Lipinski definition) is 4. The number of hydrogen-bond donors (Lipinski definition) is 1. The third-order valence-corrected chi connectivity index (χ3v) is 1.51. The summed E-state index contributed by atoms with van der Waals surface area (Å²) in [7, 11) is 0. The fourth-order valence-electron chi connectivity index (χ4n) is 0.803. The zero-order chi connectivity index (χ0) is 9.36. The van der Waals surface area contributed by atoms with Crippen LogP contribution in [0.2, 0.25) is 0 Å². The maximum atomic E-state index is 5.43. The molecule has 0 amide bonds. The second-order valence-electron chi connectivity index (χ2n) is 2.32. The molecule has 0 aliphatic heterocycles. The summed E-state index contributed by atoms with van der Waals surface area (Å²) in [6, 6.07) is 1.81. The van der Waals surface area contributed by atoms with E-state index in [1.165, 1.54) is 6.33 Å². The lowest BCUT2D eigenvalue weighted by Crippen LogP contribution is -2.11. The highest BCUT2D eigenvalue weighted by Gasteiger charge is 1.90. The van der Waals surface area contributed by atoms with Gasteiger partial charge in [-0.05, 0) is 6.07 Å². The third-order valence-electron chi connectivity index (χ3n) is 1.36. The minimum Gasteiger partial charge on any atom is -0.378 e. The first-order valence-electron chi connectivity index (χ1n) is 4.07. The first-order chi connectivity index (χ1) is 6.43. The van der Waals surface area contributed by atoms with Gasteiger partial charge in [-0.25, -0.2) is 9.97 Å². The molecule has 0 aromatic carbocycles. The molecule has 1 heterocycles. The quantitative estimate of drug-likeness (QED) is 0.554. The molecule has 0 saturated heterocycles. The van der Waals surface area contributed by atoms with Crippen LogP contribution in [0, 0.1) is 0 Å².